The largest absolute Gasteiger partial charge is 0.343 e. The molecule has 1 aromatic carbocycles. The molecule has 3 heterocycles. The van der Waals surface area contributed by atoms with Gasteiger partial charge in [0.1, 0.15) is 11.4 Å². The monoisotopic (exact) mass is 363 g/mol. The third-order valence-electron chi connectivity index (χ3n) is 4.16. The van der Waals surface area contributed by atoms with Crippen molar-refractivity contribution in [2.24, 2.45) is 0 Å². The van der Waals surface area contributed by atoms with Gasteiger partial charge in [0.25, 0.3) is 17.2 Å². The van der Waals surface area contributed by atoms with Crippen molar-refractivity contribution in [3.05, 3.63) is 82.3 Å². The zero-order valence-electron chi connectivity index (χ0n) is 14.5. The Kier molecular flexibility index (Phi) is 4.25. The molecule has 1 atom stereocenters. The molecule has 136 valence electrons. The van der Waals surface area contributed by atoms with Gasteiger partial charge >= 0.3 is 0 Å². The summed E-state index contributed by atoms with van der Waals surface area (Å²) in [6.45, 7) is 2.15. The maximum Gasteiger partial charge on any atom is 0.286 e. The molecule has 9 nitrogen and oxygen atoms in total. The van der Waals surface area contributed by atoms with E-state index in [0.717, 1.165) is 10.1 Å². The number of nitrogens with zero attached hydrogens (tertiary/aromatic N) is 5. The molecule has 0 saturated carbocycles. The van der Waals surface area contributed by atoms with Crippen LogP contribution in [0.1, 0.15) is 27.8 Å². The number of hydrogen-bond donors (Lipinski definition) is 2. The Hall–Kier alpha value is -3.75. The van der Waals surface area contributed by atoms with Crippen molar-refractivity contribution < 1.29 is 4.79 Å². The van der Waals surface area contributed by atoms with Crippen molar-refractivity contribution in [3.63, 3.8) is 0 Å². The van der Waals surface area contributed by atoms with Gasteiger partial charge < -0.3 is 5.32 Å². The molecule has 27 heavy (non-hydrogen) atoms. The first-order chi connectivity index (χ1) is 13.1. The first-order valence-corrected chi connectivity index (χ1v) is 8.39. The third-order valence-corrected chi connectivity index (χ3v) is 4.16. The smallest absolute Gasteiger partial charge is 0.286 e. The highest BCUT2D eigenvalue weighted by Gasteiger charge is 2.20. The molecule has 0 radical (unpaired) electrons. The minimum atomic E-state index is -0.504. The van der Waals surface area contributed by atoms with Crippen molar-refractivity contribution >= 4 is 11.7 Å². The Morgan fingerprint density at radius 1 is 1.26 bits per heavy atom. The van der Waals surface area contributed by atoms with Crippen LogP contribution in [-0.2, 0) is 6.54 Å². The third kappa shape index (κ3) is 3.34. The molecular weight excluding hydrogens is 346 g/mol. The van der Waals surface area contributed by atoms with Crippen LogP contribution in [0.3, 0.4) is 0 Å². The lowest BCUT2D eigenvalue weighted by Gasteiger charge is -2.19. The van der Waals surface area contributed by atoms with Crippen LogP contribution in [-0.4, -0.2) is 35.3 Å². The normalized spacial score (nSPS) is 12.2. The van der Waals surface area contributed by atoms with Crippen LogP contribution in [0.4, 0.5) is 0 Å². The van der Waals surface area contributed by atoms with E-state index in [2.05, 4.69) is 25.5 Å². The number of aryl methyl sites for hydroxylation is 1. The minimum absolute atomic E-state index is 0.0578. The second-order valence-electron chi connectivity index (χ2n) is 6.09. The van der Waals surface area contributed by atoms with Gasteiger partial charge in [-0.25, -0.2) is 4.98 Å². The summed E-state index contributed by atoms with van der Waals surface area (Å²) in [5.74, 6) is 0.262. The zero-order valence-corrected chi connectivity index (χ0v) is 14.5. The van der Waals surface area contributed by atoms with Gasteiger partial charge in [0.05, 0.1) is 12.6 Å². The van der Waals surface area contributed by atoms with Gasteiger partial charge in [0.2, 0.25) is 0 Å². The van der Waals surface area contributed by atoms with Gasteiger partial charge in [-0.3, -0.25) is 19.4 Å². The van der Waals surface area contributed by atoms with E-state index < -0.39 is 11.5 Å². The van der Waals surface area contributed by atoms with E-state index in [0.29, 0.717) is 12.4 Å². The number of rotatable bonds is 5. The fourth-order valence-electron chi connectivity index (χ4n) is 2.87. The number of hydrogen-bond acceptors (Lipinski definition) is 5. The molecule has 4 aromatic rings. The average molecular weight is 363 g/mol. The molecule has 0 fully saturated rings. The van der Waals surface area contributed by atoms with Gasteiger partial charge in [0, 0.05) is 18.6 Å². The SMILES string of the molecule is Cc1nc2ncc(C(=O)NC(Cn3cccn3)c3ccccc3)c(=O)n2[nH]1. The lowest BCUT2D eigenvalue weighted by Crippen LogP contribution is -2.36. The van der Waals surface area contributed by atoms with Crippen LogP contribution < -0.4 is 10.9 Å². The number of carbonyl (C=O) groups excluding carboxylic acids is 1. The molecule has 0 aliphatic rings. The summed E-state index contributed by atoms with van der Waals surface area (Å²) in [6, 6.07) is 11.0. The van der Waals surface area contributed by atoms with Crippen molar-refractivity contribution in [2.45, 2.75) is 19.5 Å². The van der Waals surface area contributed by atoms with Crippen molar-refractivity contribution in [2.75, 3.05) is 0 Å². The molecule has 0 bridgehead atoms. The van der Waals surface area contributed by atoms with Crippen molar-refractivity contribution in [3.8, 4) is 0 Å². The predicted molar refractivity (Wildman–Crippen MR) is 97.2 cm³/mol. The van der Waals surface area contributed by atoms with Crippen LogP contribution in [0.15, 0.2) is 59.8 Å². The van der Waals surface area contributed by atoms with Crippen LogP contribution in [0.25, 0.3) is 5.78 Å². The van der Waals surface area contributed by atoms with E-state index in [9.17, 15) is 9.59 Å². The van der Waals surface area contributed by atoms with Crippen LogP contribution in [0.2, 0.25) is 0 Å². The molecule has 2 N–H and O–H groups in total. The molecule has 1 unspecified atom stereocenters. The summed E-state index contributed by atoms with van der Waals surface area (Å²) >= 11 is 0. The highest BCUT2D eigenvalue weighted by molar-refractivity contribution is 5.93. The number of aromatic nitrogens is 6. The van der Waals surface area contributed by atoms with Gasteiger partial charge in [-0.1, -0.05) is 30.3 Å². The molecule has 4 rings (SSSR count). The van der Waals surface area contributed by atoms with Crippen molar-refractivity contribution in [1.82, 2.24) is 34.7 Å². The van der Waals surface area contributed by atoms with Gasteiger partial charge in [-0.05, 0) is 18.6 Å². The topological polar surface area (TPSA) is 110 Å². The van der Waals surface area contributed by atoms with Gasteiger partial charge in [-0.15, -0.1) is 0 Å². The lowest BCUT2D eigenvalue weighted by atomic mass is 10.1. The van der Waals surface area contributed by atoms with Crippen LogP contribution in [0.5, 0.6) is 0 Å². The number of benzene rings is 1. The predicted octanol–water partition coefficient (Wildman–Crippen LogP) is 1.09. The fourth-order valence-corrected chi connectivity index (χ4v) is 2.87. The van der Waals surface area contributed by atoms with Crippen LogP contribution >= 0.6 is 0 Å². The van der Waals surface area contributed by atoms with Crippen LogP contribution in [0, 0.1) is 6.92 Å². The Morgan fingerprint density at radius 2 is 2.07 bits per heavy atom. The van der Waals surface area contributed by atoms with E-state index >= 15 is 0 Å². The second kappa shape index (κ2) is 6.87. The summed E-state index contributed by atoms with van der Waals surface area (Å²) < 4.78 is 2.89. The maximum absolute atomic E-state index is 12.8. The number of nitrogens with one attached hydrogen (secondary N) is 2. The summed E-state index contributed by atoms with van der Waals surface area (Å²) in [4.78, 5) is 33.6. The summed E-state index contributed by atoms with van der Waals surface area (Å²) in [5.41, 5.74) is 0.356. The Labute approximate surface area is 153 Å². The first-order valence-electron chi connectivity index (χ1n) is 8.39. The number of aromatic amines is 1. The van der Waals surface area contributed by atoms with E-state index in [1.54, 1.807) is 17.8 Å². The molecule has 0 spiro atoms. The molecular formula is C18H17N7O2. The molecule has 0 aliphatic heterocycles. The average Bonchev–Trinajstić information content (AvgIpc) is 3.31. The Bertz CT molecular complexity index is 1130. The maximum atomic E-state index is 12.8. The molecule has 0 aliphatic carbocycles. The van der Waals surface area contributed by atoms with Gasteiger partial charge in [-0.2, -0.15) is 14.6 Å². The quantitative estimate of drug-likeness (QED) is 0.552. The molecule has 9 heteroatoms. The van der Waals surface area contributed by atoms with Gasteiger partial charge in [0.15, 0.2) is 0 Å². The first kappa shape index (κ1) is 16.7. The van der Waals surface area contributed by atoms with E-state index in [1.165, 1.54) is 6.20 Å². The van der Waals surface area contributed by atoms with E-state index in [-0.39, 0.29) is 17.4 Å². The fraction of sp³-hybridized carbons (Fsp3) is 0.167. The second-order valence-corrected chi connectivity index (χ2v) is 6.09. The Balaban J connectivity index is 1.65. The summed E-state index contributed by atoms with van der Waals surface area (Å²) in [7, 11) is 0. The highest BCUT2D eigenvalue weighted by Crippen LogP contribution is 2.15. The minimum Gasteiger partial charge on any atom is -0.343 e. The number of carbonyl (C=O) groups is 1. The van der Waals surface area contributed by atoms with Crippen molar-refractivity contribution in [1.29, 1.82) is 0 Å². The molecule has 1 amide bonds. The summed E-state index contributed by atoms with van der Waals surface area (Å²) in [5, 5.41) is 9.89. The highest BCUT2D eigenvalue weighted by atomic mass is 16.2. The number of H-pyrrole nitrogens is 1. The Morgan fingerprint density at radius 3 is 2.81 bits per heavy atom. The molecule has 0 saturated heterocycles. The standard InChI is InChI=1S/C18H17N7O2/c1-12-21-18-19-10-14(17(27)25(18)23-12)16(26)22-15(11-24-9-5-8-20-24)13-6-3-2-4-7-13/h2-10,15H,11H2,1H3,(H,22,26)(H,19,21,23). The summed E-state index contributed by atoms with van der Waals surface area (Å²) in [6.07, 6.45) is 4.75. The lowest BCUT2D eigenvalue weighted by molar-refractivity contribution is 0.0929. The number of amides is 1. The van der Waals surface area contributed by atoms with E-state index in [4.69, 9.17) is 0 Å². The number of fused-ring (bicyclic) bond motifs is 1. The molecule has 3 aromatic heterocycles. The zero-order chi connectivity index (χ0) is 18.8. The van der Waals surface area contributed by atoms with E-state index in [1.807, 2.05) is 42.6 Å².